The zero-order valence-corrected chi connectivity index (χ0v) is 16.4. The number of amides is 2. The van der Waals surface area contributed by atoms with E-state index in [0.717, 1.165) is 25.7 Å². The monoisotopic (exact) mass is 393 g/mol. The SMILES string of the molecule is CCCC[C@H](C(=O)Nc1cccc(NC(=O)C2CC2)c1)N1CCCS1(=O)=O. The summed E-state index contributed by atoms with van der Waals surface area (Å²) in [6.07, 6.45) is 4.57. The number of nitrogens with one attached hydrogen (secondary N) is 2. The molecule has 2 aliphatic rings. The van der Waals surface area contributed by atoms with Gasteiger partial charge in [0.2, 0.25) is 21.8 Å². The van der Waals surface area contributed by atoms with E-state index in [-0.39, 0.29) is 23.5 Å². The average molecular weight is 394 g/mol. The molecular weight excluding hydrogens is 366 g/mol. The van der Waals surface area contributed by atoms with Gasteiger partial charge in [-0.25, -0.2) is 8.42 Å². The quantitative estimate of drug-likeness (QED) is 0.709. The van der Waals surface area contributed by atoms with Crippen molar-refractivity contribution in [3.63, 3.8) is 0 Å². The number of hydrogen-bond acceptors (Lipinski definition) is 4. The highest BCUT2D eigenvalue weighted by Crippen LogP contribution is 2.30. The Kier molecular flexibility index (Phi) is 6.16. The Balaban J connectivity index is 1.70. The number of nitrogens with zero attached hydrogens (tertiary/aromatic N) is 1. The Morgan fingerprint density at radius 1 is 1.22 bits per heavy atom. The molecule has 2 N–H and O–H groups in total. The number of carbonyl (C=O) groups is 2. The van der Waals surface area contributed by atoms with E-state index < -0.39 is 16.1 Å². The normalized spacial score (nSPS) is 20.2. The molecule has 2 amide bonds. The van der Waals surface area contributed by atoms with E-state index in [0.29, 0.717) is 30.8 Å². The van der Waals surface area contributed by atoms with Crippen molar-refractivity contribution in [2.75, 3.05) is 22.9 Å². The summed E-state index contributed by atoms with van der Waals surface area (Å²) in [4.78, 5) is 24.7. The van der Waals surface area contributed by atoms with Gasteiger partial charge in [0.25, 0.3) is 0 Å². The minimum Gasteiger partial charge on any atom is -0.326 e. The minimum atomic E-state index is -3.37. The molecule has 7 nitrogen and oxygen atoms in total. The number of hydrogen-bond donors (Lipinski definition) is 2. The predicted molar refractivity (Wildman–Crippen MR) is 105 cm³/mol. The van der Waals surface area contributed by atoms with Crippen LogP contribution >= 0.6 is 0 Å². The smallest absolute Gasteiger partial charge is 0.242 e. The lowest BCUT2D eigenvalue weighted by Gasteiger charge is -2.25. The molecule has 1 aliphatic heterocycles. The van der Waals surface area contributed by atoms with Crippen molar-refractivity contribution in [3.8, 4) is 0 Å². The molecule has 8 heteroatoms. The van der Waals surface area contributed by atoms with Crippen LogP contribution < -0.4 is 10.6 Å². The van der Waals surface area contributed by atoms with Gasteiger partial charge in [0.05, 0.1) is 5.75 Å². The standard InChI is InChI=1S/C19H27N3O4S/c1-2-3-8-17(22-11-5-12-27(22,25)26)19(24)21-16-7-4-6-15(13-16)20-18(23)14-9-10-14/h4,6-7,13-14,17H,2-3,5,8-12H2,1H3,(H,20,23)(H,21,24)/t17-/m1/s1. The lowest BCUT2D eigenvalue weighted by atomic mass is 10.1. The highest BCUT2D eigenvalue weighted by Gasteiger charge is 2.38. The number of anilines is 2. The fraction of sp³-hybridized carbons (Fsp3) is 0.579. The van der Waals surface area contributed by atoms with E-state index in [1.54, 1.807) is 24.3 Å². The maximum absolute atomic E-state index is 12.8. The van der Waals surface area contributed by atoms with Crippen LogP contribution in [0.3, 0.4) is 0 Å². The van der Waals surface area contributed by atoms with Gasteiger partial charge in [-0.2, -0.15) is 4.31 Å². The molecule has 1 saturated carbocycles. The fourth-order valence-corrected chi connectivity index (χ4v) is 5.03. The second-order valence-electron chi connectivity index (χ2n) is 7.27. The molecular formula is C19H27N3O4S. The summed E-state index contributed by atoms with van der Waals surface area (Å²) in [6, 6.07) is 6.27. The van der Waals surface area contributed by atoms with Gasteiger partial charge in [-0.1, -0.05) is 25.8 Å². The first kappa shape index (κ1) is 19.8. The van der Waals surface area contributed by atoms with E-state index in [9.17, 15) is 18.0 Å². The fourth-order valence-electron chi connectivity index (χ4n) is 3.30. The van der Waals surface area contributed by atoms with Gasteiger partial charge in [-0.3, -0.25) is 9.59 Å². The zero-order chi connectivity index (χ0) is 19.4. The second-order valence-corrected chi connectivity index (χ2v) is 9.31. The first-order valence-electron chi connectivity index (χ1n) is 9.62. The van der Waals surface area contributed by atoms with E-state index >= 15 is 0 Å². The van der Waals surface area contributed by atoms with Gasteiger partial charge in [0.15, 0.2) is 0 Å². The van der Waals surface area contributed by atoms with Crippen molar-refractivity contribution in [1.82, 2.24) is 4.31 Å². The summed E-state index contributed by atoms with van der Waals surface area (Å²) in [5, 5.41) is 5.68. The van der Waals surface area contributed by atoms with Gasteiger partial charge in [-0.05, 0) is 43.9 Å². The topological polar surface area (TPSA) is 95.6 Å². The average Bonchev–Trinajstić information content (AvgIpc) is 3.40. The molecule has 0 radical (unpaired) electrons. The van der Waals surface area contributed by atoms with Crippen molar-refractivity contribution in [2.24, 2.45) is 5.92 Å². The Morgan fingerprint density at radius 3 is 2.52 bits per heavy atom. The van der Waals surface area contributed by atoms with Crippen molar-refractivity contribution < 1.29 is 18.0 Å². The van der Waals surface area contributed by atoms with Crippen LogP contribution in [0.4, 0.5) is 11.4 Å². The zero-order valence-electron chi connectivity index (χ0n) is 15.6. The van der Waals surface area contributed by atoms with Crippen LogP contribution in [0.5, 0.6) is 0 Å². The Bertz CT molecular complexity index is 805. The first-order valence-corrected chi connectivity index (χ1v) is 11.2. The number of rotatable bonds is 8. The minimum absolute atomic E-state index is 0.00228. The highest BCUT2D eigenvalue weighted by molar-refractivity contribution is 7.89. The van der Waals surface area contributed by atoms with Crippen LogP contribution in [-0.2, 0) is 19.6 Å². The van der Waals surface area contributed by atoms with E-state index in [1.807, 2.05) is 6.92 Å². The molecule has 0 spiro atoms. The molecule has 2 fully saturated rings. The number of benzene rings is 1. The van der Waals surface area contributed by atoms with E-state index in [4.69, 9.17) is 0 Å². The Morgan fingerprint density at radius 2 is 1.93 bits per heavy atom. The van der Waals surface area contributed by atoms with Crippen LogP contribution in [-0.4, -0.2) is 42.9 Å². The van der Waals surface area contributed by atoms with Crippen LogP contribution in [0.2, 0.25) is 0 Å². The Hall–Kier alpha value is -1.93. The number of unbranched alkanes of at least 4 members (excludes halogenated alkanes) is 1. The third-order valence-electron chi connectivity index (χ3n) is 4.97. The third kappa shape index (κ3) is 5.07. The number of sulfonamides is 1. The third-order valence-corrected chi connectivity index (χ3v) is 6.92. The Labute approximate surface area is 160 Å². The molecule has 3 rings (SSSR count). The summed E-state index contributed by atoms with van der Waals surface area (Å²) < 4.78 is 25.9. The van der Waals surface area contributed by atoms with Crippen molar-refractivity contribution in [3.05, 3.63) is 24.3 Å². The van der Waals surface area contributed by atoms with Crippen LogP contribution in [0.25, 0.3) is 0 Å². The van der Waals surface area contributed by atoms with Gasteiger partial charge in [0, 0.05) is 23.8 Å². The number of carbonyl (C=O) groups excluding carboxylic acids is 2. The molecule has 0 bridgehead atoms. The predicted octanol–water partition coefficient (Wildman–Crippen LogP) is 2.57. The molecule has 148 valence electrons. The maximum Gasteiger partial charge on any atom is 0.242 e. The summed E-state index contributed by atoms with van der Waals surface area (Å²) >= 11 is 0. The molecule has 1 aliphatic carbocycles. The van der Waals surface area contributed by atoms with Gasteiger partial charge < -0.3 is 10.6 Å². The molecule has 1 aromatic carbocycles. The van der Waals surface area contributed by atoms with Gasteiger partial charge in [0.1, 0.15) is 6.04 Å². The van der Waals surface area contributed by atoms with Gasteiger partial charge >= 0.3 is 0 Å². The van der Waals surface area contributed by atoms with E-state index in [1.165, 1.54) is 4.31 Å². The molecule has 0 unspecified atom stereocenters. The molecule has 1 heterocycles. The molecule has 27 heavy (non-hydrogen) atoms. The van der Waals surface area contributed by atoms with Crippen molar-refractivity contribution >= 4 is 33.2 Å². The lowest BCUT2D eigenvalue weighted by molar-refractivity contribution is -0.120. The summed E-state index contributed by atoms with van der Waals surface area (Å²) in [5.74, 6) is -0.116. The van der Waals surface area contributed by atoms with Crippen LogP contribution in [0.15, 0.2) is 24.3 Å². The summed E-state index contributed by atoms with van der Waals surface area (Å²) in [5.41, 5.74) is 1.18. The maximum atomic E-state index is 12.8. The van der Waals surface area contributed by atoms with Gasteiger partial charge in [-0.15, -0.1) is 0 Å². The summed E-state index contributed by atoms with van der Waals surface area (Å²) in [6.45, 7) is 2.40. The second kappa shape index (κ2) is 8.39. The van der Waals surface area contributed by atoms with E-state index in [2.05, 4.69) is 10.6 Å². The van der Waals surface area contributed by atoms with Crippen LogP contribution in [0.1, 0.15) is 45.4 Å². The summed E-state index contributed by atoms with van der Waals surface area (Å²) in [7, 11) is -3.37. The van der Waals surface area contributed by atoms with Crippen molar-refractivity contribution in [1.29, 1.82) is 0 Å². The first-order chi connectivity index (χ1) is 12.9. The lowest BCUT2D eigenvalue weighted by Crippen LogP contribution is -2.44. The highest BCUT2D eigenvalue weighted by atomic mass is 32.2. The molecule has 0 aromatic heterocycles. The molecule has 1 saturated heterocycles. The van der Waals surface area contributed by atoms with Crippen LogP contribution in [0, 0.1) is 5.92 Å². The molecule has 1 atom stereocenters. The molecule has 1 aromatic rings. The largest absolute Gasteiger partial charge is 0.326 e. The van der Waals surface area contributed by atoms with Crippen molar-refractivity contribution in [2.45, 2.75) is 51.5 Å².